The molecule has 0 radical (unpaired) electrons. The molecule has 2 aromatic rings. The monoisotopic (exact) mass is 316 g/mol. The van der Waals surface area contributed by atoms with Gasteiger partial charge in [-0.2, -0.15) is 0 Å². The van der Waals surface area contributed by atoms with Gasteiger partial charge in [0.1, 0.15) is 0 Å². The molecule has 0 aliphatic carbocycles. The van der Waals surface area contributed by atoms with Crippen molar-refractivity contribution >= 4 is 46.4 Å². The number of aromatic nitrogens is 1. The van der Waals surface area contributed by atoms with E-state index in [2.05, 4.69) is 10.3 Å². The maximum absolute atomic E-state index is 11.9. The summed E-state index contributed by atoms with van der Waals surface area (Å²) in [5.41, 5.74) is 0.167. The van der Waals surface area contributed by atoms with E-state index in [0.717, 1.165) is 0 Å². The summed E-state index contributed by atoms with van der Waals surface area (Å²) >= 11 is 17.6. The van der Waals surface area contributed by atoms with Crippen LogP contribution in [0.4, 0.5) is 5.69 Å². The van der Waals surface area contributed by atoms with E-state index < -0.39 is 5.91 Å². The van der Waals surface area contributed by atoms with Gasteiger partial charge in [0, 0.05) is 17.8 Å². The van der Waals surface area contributed by atoms with Gasteiger partial charge in [-0.1, -0.05) is 34.8 Å². The number of halogens is 3. The van der Waals surface area contributed by atoms with Crippen molar-refractivity contribution in [2.45, 2.75) is 0 Å². The van der Waals surface area contributed by atoms with Gasteiger partial charge >= 0.3 is 0 Å². The molecule has 2 N–H and O–H groups in total. The van der Waals surface area contributed by atoms with Crippen molar-refractivity contribution < 1.29 is 4.79 Å². The van der Waals surface area contributed by atoms with E-state index >= 15 is 0 Å². The molecule has 7 heteroatoms. The van der Waals surface area contributed by atoms with Crippen LogP contribution in [0, 0.1) is 0 Å². The lowest BCUT2D eigenvalue weighted by Crippen LogP contribution is -2.15. The lowest BCUT2D eigenvalue weighted by molar-refractivity contribution is 0.102. The number of aromatic amines is 1. The molecule has 0 fully saturated rings. The van der Waals surface area contributed by atoms with Gasteiger partial charge in [-0.3, -0.25) is 9.59 Å². The van der Waals surface area contributed by atoms with Crippen LogP contribution in [0.3, 0.4) is 0 Å². The third kappa shape index (κ3) is 3.29. The Morgan fingerprint density at radius 1 is 1.05 bits per heavy atom. The average molecular weight is 318 g/mol. The van der Waals surface area contributed by atoms with Crippen LogP contribution in [0.25, 0.3) is 0 Å². The van der Waals surface area contributed by atoms with Crippen molar-refractivity contribution in [3.05, 3.63) is 61.4 Å². The normalized spacial score (nSPS) is 10.3. The third-order valence-corrected chi connectivity index (χ3v) is 3.33. The molecule has 1 heterocycles. The molecule has 0 aliphatic heterocycles. The minimum absolute atomic E-state index is 0.214. The van der Waals surface area contributed by atoms with Crippen LogP contribution in [0.2, 0.25) is 15.1 Å². The van der Waals surface area contributed by atoms with Gasteiger partial charge in [0.05, 0.1) is 20.8 Å². The molecular formula is C12H7Cl3N2O2. The van der Waals surface area contributed by atoms with E-state index in [9.17, 15) is 9.59 Å². The molecular weight excluding hydrogens is 311 g/mol. The largest absolute Gasteiger partial charge is 0.329 e. The Morgan fingerprint density at radius 2 is 1.74 bits per heavy atom. The second kappa shape index (κ2) is 5.65. The molecule has 1 aromatic carbocycles. The SMILES string of the molecule is O=C(Nc1cc(Cl)c(Cl)cc1Cl)c1cc[nH]c(=O)c1. The summed E-state index contributed by atoms with van der Waals surface area (Å²) in [6, 6.07) is 5.53. The van der Waals surface area contributed by atoms with Crippen LogP contribution in [-0.4, -0.2) is 10.9 Å². The smallest absolute Gasteiger partial charge is 0.255 e. The Morgan fingerprint density at radius 3 is 2.42 bits per heavy atom. The van der Waals surface area contributed by atoms with Gasteiger partial charge in [-0.15, -0.1) is 0 Å². The van der Waals surface area contributed by atoms with Crippen molar-refractivity contribution in [2.75, 3.05) is 5.32 Å². The first-order valence-electron chi connectivity index (χ1n) is 5.12. The van der Waals surface area contributed by atoms with Crippen LogP contribution in [0.5, 0.6) is 0 Å². The predicted molar refractivity (Wildman–Crippen MR) is 76.5 cm³/mol. The molecule has 19 heavy (non-hydrogen) atoms. The fourth-order valence-corrected chi connectivity index (χ4v) is 1.99. The van der Waals surface area contributed by atoms with Crippen LogP contribution in [0.15, 0.2) is 35.3 Å². The number of carbonyl (C=O) groups is 1. The minimum Gasteiger partial charge on any atom is -0.329 e. The topological polar surface area (TPSA) is 62.0 Å². The summed E-state index contributed by atoms with van der Waals surface area (Å²) in [4.78, 5) is 25.4. The molecule has 0 spiro atoms. The number of anilines is 1. The Bertz CT molecular complexity index is 698. The fourth-order valence-electron chi connectivity index (χ4n) is 1.40. The standard InChI is InChI=1S/C12H7Cl3N2O2/c13-7-4-9(15)10(5-8(7)14)17-12(19)6-1-2-16-11(18)3-6/h1-5H,(H,16,18)(H,17,19). The van der Waals surface area contributed by atoms with Gasteiger partial charge in [0.15, 0.2) is 0 Å². The number of rotatable bonds is 2. The Labute approximate surface area is 123 Å². The quantitative estimate of drug-likeness (QED) is 0.832. The maximum atomic E-state index is 11.9. The number of hydrogen-bond donors (Lipinski definition) is 2. The highest BCUT2D eigenvalue weighted by Gasteiger charge is 2.11. The zero-order valence-corrected chi connectivity index (χ0v) is 11.6. The first-order valence-corrected chi connectivity index (χ1v) is 6.25. The molecule has 0 atom stereocenters. The minimum atomic E-state index is -0.466. The van der Waals surface area contributed by atoms with E-state index in [1.165, 1.54) is 30.5 Å². The molecule has 4 nitrogen and oxygen atoms in total. The zero-order valence-electron chi connectivity index (χ0n) is 9.34. The summed E-state index contributed by atoms with van der Waals surface area (Å²) in [7, 11) is 0. The van der Waals surface area contributed by atoms with Crippen LogP contribution in [0.1, 0.15) is 10.4 Å². The Hall–Kier alpha value is -1.49. The third-order valence-electron chi connectivity index (χ3n) is 2.30. The van der Waals surface area contributed by atoms with Crippen LogP contribution in [-0.2, 0) is 0 Å². The molecule has 0 saturated carbocycles. The average Bonchev–Trinajstić information content (AvgIpc) is 2.36. The van der Waals surface area contributed by atoms with Crippen molar-refractivity contribution in [1.29, 1.82) is 0 Å². The Balaban J connectivity index is 2.29. The number of nitrogens with one attached hydrogen (secondary N) is 2. The number of amides is 1. The van der Waals surface area contributed by atoms with Gasteiger partial charge in [0.25, 0.3) is 5.91 Å². The summed E-state index contributed by atoms with van der Waals surface area (Å²) in [5, 5.41) is 3.38. The van der Waals surface area contributed by atoms with Crippen molar-refractivity contribution in [1.82, 2.24) is 4.98 Å². The molecule has 0 unspecified atom stereocenters. The van der Waals surface area contributed by atoms with Gasteiger partial charge in [-0.05, 0) is 18.2 Å². The summed E-state index contributed by atoms with van der Waals surface area (Å²) in [6.45, 7) is 0. The maximum Gasteiger partial charge on any atom is 0.255 e. The molecule has 1 aromatic heterocycles. The molecule has 0 saturated heterocycles. The van der Waals surface area contributed by atoms with Crippen LogP contribution >= 0.6 is 34.8 Å². The van der Waals surface area contributed by atoms with Crippen molar-refractivity contribution in [3.63, 3.8) is 0 Å². The van der Waals surface area contributed by atoms with Crippen molar-refractivity contribution in [2.24, 2.45) is 0 Å². The molecule has 0 aliphatic rings. The van der Waals surface area contributed by atoms with Crippen LogP contribution < -0.4 is 10.9 Å². The summed E-state index contributed by atoms with van der Waals surface area (Å²) in [6.07, 6.45) is 1.38. The van der Waals surface area contributed by atoms with Gasteiger partial charge < -0.3 is 10.3 Å². The van der Waals surface area contributed by atoms with E-state index in [1.807, 2.05) is 0 Å². The van der Waals surface area contributed by atoms with Crippen molar-refractivity contribution in [3.8, 4) is 0 Å². The van der Waals surface area contributed by atoms with E-state index in [-0.39, 0.29) is 21.2 Å². The number of carbonyl (C=O) groups excluding carboxylic acids is 1. The lowest BCUT2D eigenvalue weighted by atomic mass is 10.2. The first kappa shape index (κ1) is 13.9. The summed E-state index contributed by atoms with van der Waals surface area (Å²) in [5.74, 6) is -0.466. The second-order valence-electron chi connectivity index (χ2n) is 3.64. The zero-order chi connectivity index (χ0) is 14.0. The highest BCUT2D eigenvalue weighted by Crippen LogP contribution is 2.32. The highest BCUT2D eigenvalue weighted by atomic mass is 35.5. The number of H-pyrrole nitrogens is 1. The van der Waals surface area contributed by atoms with Gasteiger partial charge in [-0.25, -0.2) is 0 Å². The van der Waals surface area contributed by atoms with E-state index in [4.69, 9.17) is 34.8 Å². The number of hydrogen-bond acceptors (Lipinski definition) is 2. The fraction of sp³-hybridized carbons (Fsp3) is 0. The second-order valence-corrected chi connectivity index (χ2v) is 4.86. The first-order chi connectivity index (χ1) is 8.97. The number of benzene rings is 1. The highest BCUT2D eigenvalue weighted by molar-refractivity contribution is 6.44. The lowest BCUT2D eigenvalue weighted by Gasteiger charge is -2.08. The molecule has 1 amide bonds. The van der Waals surface area contributed by atoms with Gasteiger partial charge in [0.2, 0.25) is 5.56 Å². The molecule has 98 valence electrons. The Kier molecular flexibility index (Phi) is 4.14. The summed E-state index contributed by atoms with van der Waals surface area (Å²) < 4.78 is 0. The number of pyridine rings is 1. The predicted octanol–water partition coefficient (Wildman–Crippen LogP) is 3.59. The molecule has 0 bridgehead atoms. The van der Waals surface area contributed by atoms with E-state index in [0.29, 0.717) is 10.7 Å². The molecule has 2 rings (SSSR count). The van der Waals surface area contributed by atoms with E-state index in [1.54, 1.807) is 0 Å².